The molecule has 106 valence electrons. The molecule has 0 aliphatic heterocycles. The van der Waals surface area contributed by atoms with Crippen LogP contribution in [0, 0.1) is 0 Å². The standard InChI is InChI=1S/C13H13BrCl2N4/c1-2-5-17-12-11(14)13(19-7-18-12)20-8-3-4-9(15)10(16)6-8/h3-4,6-7H,2,5H2,1H3,(H2,17,18,19,20). The first-order valence-corrected chi connectivity index (χ1v) is 7.63. The Bertz CT molecular complexity index is 607. The molecule has 0 fully saturated rings. The summed E-state index contributed by atoms with van der Waals surface area (Å²) < 4.78 is 0.777. The van der Waals surface area contributed by atoms with Crippen molar-refractivity contribution < 1.29 is 0 Å². The van der Waals surface area contributed by atoms with E-state index in [-0.39, 0.29) is 0 Å². The third-order valence-electron chi connectivity index (χ3n) is 2.51. The van der Waals surface area contributed by atoms with Crippen molar-refractivity contribution in [2.24, 2.45) is 0 Å². The van der Waals surface area contributed by atoms with Gasteiger partial charge in [-0.05, 0) is 40.5 Å². The molecule has 0 aliphatic carbocycles. The van der Waals surface area contributed by atoms with E-state index >= 15 is 0 Å². The fraction of sp³-hybridized carbons (Fsp3) is 0.231. The molecule has 0 aliphatic rings. The number of hydrogen-bond acceptors (Lipinski definition) is 4. The van der Waals surface area contributed by atoms with E-state index in [0.29, 0.717) is 15.9 Å². The van der Waals surface area contributed by atoms with Crippen molar-refractivity contribution in [3.63, 3.8) is 0 Å². The van der Waals surface area contributed by atoms with Crippen LogP contribution in [0.25, 0.3) is 0 Å². The van der Waals surface area contributed by atoms with Crippen molar-refractivity contribution in [3.8, 4) is 0 Å². The van der Waals surface area contributed by atoms with Gasteiger partial charge in [-0.2, -0.15) is 0 Å². The summed E-state index contributed by atoms with van der Waals surface area (Å²) in [6.45, 7) is 2.94. The molecule has 2 N–H and O–H groups in total. The maximum absolute atomic E-state index is 5.99. The average Bonchev–Trinajstić information content (AvgIpc) is 2.44. The van der Waals surface area contributed by atoms with Gasteiger partial charge in [0.25, 0.3) is 0 Å². The Hall–Kier alpha value is -1.04. The van der Waals surface area contributed by atoms with Crippen LogP contribution >= 0.6 is 39.1 Å². The molecule has 0 amide bonds. The summed E-state index contributed by atoms with van der Waals surface area (Å²) in [5, 5.41) is 7.41. The number of nitrogens with one attached hydrogen (secondary N) is 2. The molecule has 4 nitrogen and oxygen atoms in total. The molecule has 1 aromatic heterocycles. The minimum absolute atomic E-state index is 0.492. The Morgan fingerprint density at radius 1 is 1.15 bits per heavy atom. The number of anilines is 3. The number of nitrogens with zero attached hydrogens (tertiary/aromatic N) is 2. The van der Waals surface area contributed by atoms with Crippen LogP contribution in [0.15, 0.2) is 29.0 Å². The highest BCUT2D eigenvalue weighted by atomic mass is 79.9. The molecular formula is C13H13BrCl2N4. The van der Waals surface area contributed by atoms with E-state index in [4.69, 9.17) is 23.2 Å². The fourth-order valence-corrected chi connectivity index (χ4v) is 2.28. The Kier molecular flexibility index (Phi) is 5.46. The van der Waals surface area contributed by atoms with Crippen LogP contribution in [0.4, 0.5) is 17.3 Å². The van der Waals surface area contributed by atoms with Gasteiger partial charge in [0.05, 0.1) is 10.0 Å². The van der Waals surface area contributed by atoms with Gasteiger partial charge in [-0.15, -0.1) is 0 Å². The highest BCUT2D eigenvalue weighted by molar-refractivity contribution is 9.10. The van der Waals surface area contributed by atoms with Gasteiger partial charge in [-0.25, -0.2) is 9.97 Å². The highest BCUT2D eigenvalue weighted by Crippen LogP contribution is 2.31. The summed E-state index contributed by atoms with van der Waals surface area (Å²) in [6, 6.07) is 5.32. The lowest BCUT2D eigenvalue weighted by Gasteiger charge is -2.11. The lowest BCUT2D eigenvalue weighted by Crippen LogP contribution is -2.05. The van der Waals surface area contributed by atoms with Crippen LogP contribution < -0.4 is 10.6 Å². The summed E-state index contributed by atoms with van der Waals surface area (Å²) in [7, 11) is 0. The quantitative estimate of drug-likeness (QED) is 0.762. The summed E-state index contributed by atoms with van der Waals surface area (Å²) in [5.41, 5.74) is 0.806. The largest absolute Gasteiger partial charge is 0.369 e. The monoisotopic (exact) mass is 374 g/mol. The molecule has 7 heteroatoms. The molecule has 0 radical (unpaired) electrons. The fourth-order valence-electron chi connectivity index (χ4n) is 1.53. The smallest absolute Gasteiger partial charge is 0.150 e. The van der Waals surface area contributed by atoms with Gasteiger partial charge >= 0.3 is 0 Å². The van der Waals surface area contributed by atoms with E-state index in [1.165, 1.54) is 6.33 Å². The van der Waals surface area contributed by atoms with Crippen LogP contribution in [0.5, 0.6) is 0 Å². The summed E-state index contributed by atoms with van der Waals surface area (Å²) in [6.07, 6.45) is 2.52. The third-order valence-corrected chi connectivity index (χ3v) is 4.00. The molecule has 20 heavy (non-hydrogen) atoms. The molecule has 1 heterocycles. The van der Waals surface area contributed by atoms with E-state index in [0.717, 1.165) is 28.9 Å². The van der Waals surface area contributed by atoms with Crippen molar-refractivity contribution in [3.05, 3.63) is 39.0 Å². The van der Waals surface area contributed by atoms with Gasteiger partial charge in [0, 0.05) is 12.2 Å². The van der Waals surface area contributed by atoms with E-state index in [1.54, 1.807) is 12.1 Å². The minimum atomic E-state index is 0.492. The zero-order chi connectivity index (χ0) is 14.5. The first kappa shape index (κ1) is 15.4. The Balaban J connectivity index is 2.22. The number of halogens is 3. The van der Waals surface area contributed by atoms with E-state index in [1.807, 2.05) is 6.07 Å². The van der Waals surface area contributed by atoms with Crippen LogP contribution in [-0.4, -0.2) is 16.5 Å². The van der Waals surface area contributed by atoms with Crippen LogP contribution in [0.1, 0.15) is 13.3 Å². The Morgan fingerprint density at radius 3 is 2.60 bits per heavy atom. The van der Waals surface area contributed by atoms with Crippen LogP contribution in [0.3, 0.4) is 0 Å². The van der Waals surface area contributed by atoms with Gasteiger partial charge in [-0.1, -0.05) is 30.1 Å². The number of benzene rings is 1. The van der Waals surface area contributed by atoms with E-state index in [2.05, 4.69) is 43.5 Å². The van der Waals surface area contributed by atoms with Crippen molar-refractivity contribution in [2.45, 2.75) is 13.3 Å². The Labute approximate surface area is 136 Å². The molecule has 0 unspecified atom stereocenters. The molecule has 1 aromatic carbocycles. The number of rotatable bonds is 5. The lowest BCUT2D eigenvalue weighted by atomic mass is 10.3. The Morgan fingerprint density at radius 2 is 1.90 bits per heavy atom. The second-order valence-electron chi connectivity index (χ2n) is 4.07. The molecule has 2 aromatic rings. The van der Waals surface area contributed by atoms with Crippen LogP contribution in [-0.2, 0) is 0 Å². The molecule has 0 spiro atoms. The highest BCUT2D eigenvalue weighted by Gasteiger charge is 2.09. The number of hydrogen-bond donors (Lipinski definition) is 2. The first-order chi connectivity index (χ1) is 9.61. The zero-order valence-corrected chi connectivity index (χ0v) is 13.8. The third kappa shape index (κ3) is 3.75. The molecule has 2 rings (SSSR count). The topological polar surface area (TPSA) is 49.8 Å². The minimum Gasteiger partial charge on any atom is -0.369 e. The maximum Gasteiger partial charge on any atom is 0.150 e. The summed E-state index contributed by atoms with van der Waals surface area (Å²) in [4.78, 5) is 8.40. The first-order valence-electron chi connectivity index (χ1n) is 6.08. The summed E-state index contributed by atoms with van der Waals surface area (Å²) >= 11 is 15.4. The molecular weight excluding hydrogens is 363 g/mol. The zero-order valence-electron chi connectivity index (χ0n) is 10.8. The molecule has 0 bridgehead atoms. The molecule has 0 saturated carbocycles. The van der Waals surface area contributed by atoms with Crippen molar-refractivity contribution in [2.75, 3.05) is 17.2 Å². The van der Waals surface area contributed by atoms with Gasteiger partial charge < -0.3 is 10.6 Å². The lowest BCUT2D eigenvalue weighted by molar-refractivity contribution is 0.962. The molecule has 0 atom stereocenters. The van der Waals surface area contributed by atoms with Crippen molar-refractivity contribution >= 4 is 56.5 Å². The predicted molar refractivity (Wildman–Crippen MR) is 88.3 cm³/mol. The SMILES string of the molecule is CCCNc1ncnc(Nc2ccc(Cl)c(Cl)c2)c1Br. The molecule has 0 saturated heterocycles. The maximum atomic E-state index is 5.99. The van der Waals surface area contributed by atoms with E-state index < -0.39 is 0 Å². The average molecular weight is 376 g/mol. The van der Waals surface area contributed by atoms with Crippen molar-refractivity contribution in [1.82, 2.24) is 9.97 Å². The predicted octanol–water partition coefficient (Wildman–Crippen LogP) is 5.11. The normalized spacial score (nSPS) is 10.4. The second-order valence-corrected chi connectivity index (χ2v) is 5.67. The van der Waals surface area contributed by atoms with Crippen LogP contribution in [0.2, 0.25) is 10.0 Å². The van der Waals surface area contributed by atoms with Gasteiger partial charge in [-0.3, -0.25) is 0 Å². The second kappa shape index (κ2) is 7.11. The van der Waals surface area contributed by atoms with Crippen molar-refractivity contribution in [1.29, 1.82) is 0 Å². The van der Waals surface area contributed by atoms with Gasteiger partial charge in [0.2, 0.25) is 0 Å². The van der Waals surface area contributed by atoms with Gasteiger partial charge in [0.1, 0.15) is 22.4 Å². The number of aromatic nitrogens is 2. The summed E-state index contributed by atoms with van der Waals surface area (Å²) in [5.74, 6) is 1.42. The van der Waals surface area contributed by atoms with E-state index in [9.17, 15) is 0 Å². The van der Waals surface area contributed by atoms with Gasteiger partial charge in [0.15, 0.2) is 0 Å².